The lowest BCUT2D eigenvalue weighted by molar-refractivity contribution is -0.128. The fourth-order valence-electron chi connectivity index (χ4n) is 3.98. The van der Waals surface area contributed by atoms with Crippen LogP contribution in [0.15, 0.2) is 18.2 Å². The van der Waals surface area contributed by atoms with E-state index in [0.717, 1.165) is 42.6 Å². The topological polar surface area (TPSA) is 50.8 Å². The average Bonchev–Trinajstić information content (AvgIpc) is 2.62. The highest BCUT2D eigenvalue weighted by atomic mass is 16.5. The van der Waals surface area contributed by atoms with Gasteiger partial charge in [0.25, 0.3) is 0 Å². The molecule has 1 aromatic rings. The van der Waals surface area contributed by atoms with E-state index < -0.39 is 0 Å². The summed E-state index contributed by atoms with van der Waals surface area (Å²) in [5.74, 6) is 2.26. The highest BCUT2D eigenvalue weighted by Crippen LogP contribution is 2.36. The molecule has 1 amide bonds. The molecule has 0 spiro atoms. The van der Waals surface area contributed by atoms with Gasteiger partial charge in [-0.3, -0.25) is 4.79 Å². The first kappa shape index (κ1) is 19.0. The zero-order valence-electron chi connectivity index (χ0n) is 16.5. The number of piperidine rings is 1. The molecule has 1 aromatic carbocycles. The predicted molar refractivity (Wildman–Crippen MR) is 103 cm³/mol. The van der Waals surface area contributed by atoms with Crippen LogP contribution in [0.2, 0.25) is 0 Å². The lowest BCUT2D eigenvalue weighted by Crippen LogP contribution is -2.55. The molecule has 2 aliphatic rings. The van der Waals surface area contributed by atoms with Gasteiger partial charge in [0.2, 0.25) is 5.91 Å². The highest BCUT2D eigenvalue weighted by molar-refractivity contribution is 5.80. The summed E-state index contributed by atoms with van der Waals surface area (Å²) in [4.78, 5) is 15.3. The number of rotatable bonds is 5. The molecule has 26 heavy (non-hydrogen) atoms. The Kier molecular flexibility index (Phi) is 5.76. The molecule has 0 saturated carbocycles. The van der Waals surface area contributed by atoms with Crippen LogP contribution in [0, 0.1) is 11.8 Å². The van der Waals surface area contributed by atoms with Crippen molar-refractivity contribution in [3.63, 3.8) is 0 Å². The van der Waals surface area contributed by atoms with Crippen LogP contribution >= 0.6 is 0 Å². The van der Waals surface area contributed by atoms with Gasteiger partial charge < -0.3 is 19.7 Å². The normalized spacial score (nSPS) is 21.6. The van der Waals surface area contributed by atoms with Crippen LogP contribution in [0.5, 0.6) is 11.5 Å². The van der Waals surface area contributed by atoms with Crippen molar-refractivity contribution >= 4 is 5.91 Å². The van der Waals surface area contributed by atoms with Crippen molar-refractivity contribution in [1.29, 1.82) is 0 Å². The van der Waals surface area contributed by atoms with Gasteiger partial charge in [0.05, 0.1) is 13.0 Å². The van der Waals surface area contributed by atoms with E-state index in [0.29, 0.717) is 13.0 Å². The Hall–Kier alpha value is -1.75. The lowest BCUT2D eigenvalue weighted by Gasteiger charge is -2.38. The molecule has 1 atom stereocenters. The van der Waals surface area contributed by atoms with Crippen LogP contribution in [0.1, 0.15) is 39.2 Å². The van der Waals surface area contributed by atoms with E-state index in [1.54, 1.807) is 7.11 Å². The van der Waals surface area contributed by atoms with Gasteiger partial charge in [-0.1, -0.05) is 19.1 Å². The summed E-state index contributed by atoms with van der Waals surface area (Å²) >= 11 is 0. The summed E-state index contributed by atoms with van der Waals surface area (Å²) in [6.45, 7) is 10.1. The van der Waals surface area contributed by atoms with Gasteiger partial charge in [0, 0.05) is 12.1 Å². The second-order valence-corrected chi connectivity index (χ2v) is 8.49. The van der Waals surface area contributed by atoms with E-state index in [1.807, 2.05) is 18.2 Å². The van der Waals surface area contributed by atoms with Crippen molar-refractivity contribution in [2.75, 3.05) is 33.4 Å². The van der Waals surface area contributed by atoms with Crippen LogP contribution in [0.4, 0.5) is 0 Å². The fourth-order valence-corrected chi connectivity index (χ4v) is 3.98. The van der Waals surface area contributed by atoms with Crippen LogP contribution < -0.4 is 14.8 Å². The van der Waals surface area contributed by atoms with Gasteiger partial charge in [-0.25, -0.2) is 0 Å². The van der Waals surface area contributed by atoms with Crippen molar-refractivity contribution < 1.29 is 14.3 Å². The largest absolute Gasteiger partial charge is 0.493 e. The SMILES string of the molecule is COc1cccc2c1OCC(C(=O)NC(C)(C)CN1CCC(C)CC1)C2. The molecule has 1 fully saturated rings. The molecule has 0 aliphatic carbocycles. The molecule has 1 N–H and O–H groups in total. The van der Waals surface area contributed by atoms with Crippen LogP contribution in [-0.4, -0.2) is 49.7 Å². The molecule has 144 valence electrons. The van der Waals surface area contributed by atoms with E-state index in [2.05, 4.69) is 31.0 Å². The maximum Gasteiger partial charge on any atom is 0.227 e. The zero-order chi connectivity index (χ0) is 18.7. The number of amides is 1. The number of hydrogen-bond donors (Lipinski definition) is 1. The van der Waals surface area contributed by atoms with Crippen molar-refractivity contribution in [3.8, 4) is 11.5 Å². The number of methoxy groups -OCH3 is 1. The predicted octanol–water partition coefficient (Wildman–Crippen LogP) is 2.87. The Morgan fingerprint density at radius 1 is 1.35 bits per heavy atom. The number of likely N-dealkylation sites (tertiary alicyclic amines) is 1. The summed E-state index contributed by atoms with van der Waals surface area (Å²) in [5.41, 5.74) is 0.797. The van der Waals surface area contributed by atoms with Crippen LogP contribution in [0.3, 0.4) is 0 Å². The van der Waals surface area contributed by atoms with Gasteiger partial charge in [0.1, 0.15) is 6.61 Å². The first-order valence-electron chi connectivity index (χ1n) is 9.71. The number of hydrogen-bond acceptors (Lipinski definition) is 4. The second-order valence-electron chi connectivity index (χ2n) is 8.49. The first-order valence-corrected chi connectivity index (χ1v) is 9.71. The number of fused-ring (bicyclic) bond motifs is 1. The summed E-state index contributed by atoms with van der Waals surface area (Å²) < 4.78 is 11.2. The van der Waals surface area contributed by atoms with E-state index in [1.165, 1.54) is 12.8 Å². The van der Waals surface area contributed by atoms with Gasteiger partial charge in [0.15, 0.2) is 11.5 Å². The van der Waals surface area contributed by atoms with Crippen molar-refractivity contribution in [2.24, 2.45) is 11.8 Å². The zero-order valence-corrected chi connectivity index (χ0v) is 16.5. The Bertz CT molecular complexity index is 636. The Balaban J connectivity index is 1.57. The maximum absolute atomic E-state index is 12.8. The molecular weight excluding hydrogens is 328 g/mol. The quantitative estimate of drug-likeness (QED) is 0.877. The highest BCUT2D eigenvalue weighted by Gasteiger charge is 2.32. The molecule has 5 heteroatoms. The third kappa shape index (κ3) is 4.50. The molecule has 2 heterocycles. The van der Waals surface area contributed by atoms with Gasteiger partial charge >= 0.3 is 0 Å². The number of nitrogens with one attached hydrogen (secondary N) is 1. The summed E-state index contributed by atoms with van der Waals surface area (Å²) in [6.07, 6.45) is 3.19. The number of carbonyl (C=O) groups is 1. The molecule has 5 nitrogen and oxygen atoms in total. The Morgan fingerprint density at radius 3 is 2.77 bits per heavy atom. The van der Waals surface area contributed by atoms with E-state index >= 15 is 0 Å². The van der Waals surface area contributed by atoms with E-state index in [-0.39, 0.29) is 17.4 Å². The van der Waals surface area contributed by atoms with Crippen LogP contribution in [0.25, 0.3) is 0 Å². The number of carbonyl (C=O) groups excluding carboxylic acids is 1. The summed E-state index contributed by atoms with van der Waals surface area (Å²) in [7, 11) is 1.64. The number of ether oxygens (including phenoxy) is 2. The Labute approximate surface area is 157 Å². The van der Waals surface area contributed by atoms with E-state index in [9.17, 15) is 4.79 Å². The van der Waals surface area contributed by atoms with Gasteiger partial charge in [-0.05, 0) is 63.7 Å². The molecule has 1 unspecified atom stereocenters. The van der Waals surface area contributed by atoms with Crippen molar-refractivity contribution in [3.05, 3.63) is 23.8 Å². The maximum atomic E-state index is 12.8. The lowest BCUT2D eigenvalue weighted by atomic mass is 9.93. The molecule has 1 saturated heterocycles. The number of benzene rings is 1. The minimum absolute atomic E-state index is 0.0776. The Morgan fingerprint density at radius 2 is 2.08 bits per heavy atom. The average molecular weight is 360 g/mol. The number of para-hydroxylation sites is 1. The van der Waals surface area contributed by atoms with Gasteiger partial charge in [-0.15, -0.1) is 0 Å². The third-order valence-electron chi connectivity index (χ3n) is 5.50. The molecule has 0 radical (unpaired) electrons. The third-order valence-corrected chi connectivity index (χ3v) is 5.50. The molecular formula is C21H32N2O3. The fraction of sp³-hybridized carbons (Fsp3) is 0.667. The van der Waals surface area contributed by atoms with Crippen LogP contribution in [-0.2, 0) is 11.2 Å². The standard InChI is InChI=1S/C21H32N2O3/c1-15-8-10-23(11-9-15)14-21(2,3)22-20(24)17-12-16-6-5-7-18(25-4)19(16)26-13-17/h5-7,15,17H,8-14H2,1-4H3,(H,22,24). The van der Waals surface area contributed by atoms with Crippen molar-refractivity contribution in [1.82, 2.24) is 10.2 Å². The monoisotopic (exact) mass is 360 g/mol. The molecule has 0 bridgehead atoms. The minimum atomic E-state index is -0.244. The second kappa shape index (κ2) is 7.87. The van der Waals surface area contributed by atoms with Gasteiger partial charge in [-0.2, -0.15) is 0 Å². The molecule has 3 rings (SSSR count). The minimum Gasteiger partial charge on any atom is -0.493 e. The molecule has 2 aliphatic heterocycles. The van der Waals surface area contributed by atoms with E-state index in [4.69, 9.17) is 9.47 Å². The summed E-state index contributed by atoms with van der Waals surface area (Å²) in [5, 5.41) is 3.25. The molecule has 0 aromatic heterocycles. The summed E-state index contributed by atoms with van der Waals surface area (Å²) in [6, 6.07) is 5.85. The first-order chi connectivity index (χ1) is 12.4. The number of nitrogens with zero attached hydrogens (tertiary/aromatic N) is 1. The van der Waals surface area contributed by atoms with Crippen molar-refractivity contribution in [2.45, 2.75) is 45.6 Å². The smallest absolute Gasteiger partial charge is 0.227 e.